The van der Waals surface area contributed by atoms with Crippen molar-refractivity contribution in [3.8, 4) is 0 Å². The van der Waals surface area contributed by atoms with Crippen molar-refractivity contribution in [2.24, 2.45) is 5.73 Å². The van der Waals surface area contributed by atoms with Gasteiger partial charge in [-0.15, -0.1) is 0 Å². The van der Waals surface area contributed by atoms with Gasteiger partial charge in [-0.2, -0.15) is 4.83 Å². The minimum atomic E-state index is -0.548. The fraction of sp³-hybridized carbons (Fsp3) is 0.833. The predicted molar refractivity (Wildman–Crippen MR) is 47.8 cm³/mol. The Bertz CT molecular complexity index is 110. The summed E-state index contributed by atoms with van der Waals surface area (Å²) in [4.78, 5) is 12.8. The van der Waals surface area contributed by atoms with Gasteiger partial charge in [0, 0.05) is 5.75 Å². The Hall–Kier alpha value is -0.420. The molecule has 0 saturated heterocycles. The molecule has 0 unspecified atom stereocenters. The molecule has 2 amide bonds. The van der Waals surface area contributed by atoms with Crippen LogP contribution in [0.15, 0.2) is 0 Å². The van der Waals surface area contributed by atoms with Gasteiger partial charge in [-0.05, 0) is 6.42 Å². The number of hydrogen-bond acceptors (Lipinski definition) is 3. The molecule has 4 nitrogen and oxygen atoms in total. The normalized spacial score (nSPS) is 9.55. The minimum absolute atomic E-state index is 0.548. The first-order valence-corrected chi connectivity index (χ1v) is 4.68. The van der Waals surface area contributed by atoms with Crippen LogP contribution >= 0.6 is 11.9 Å². The Morgan fingerprint density at radius 1 is 1.55 bits per heavy atom. The molecule has 0 radical (unpaired) electrons. The molecule has 0 heterocycles. The van der Waals surface area contributed by atoms with Gasteiger partial charge < -0.3 is 5.73 Å². The van der Waals surface area contributed by atoms with Crippen LogP contribution in [-0.4, -0.2) is 11.8 Å². The quantitative estimate of drug-likeness (QED) is 0.322. The molecular weight excluding hydrogens is 162 g/mol. The zero-order valence-corrected chi connectivity index (χ0v) is 7.54. The fourth-order valence-corrected chi connectivity index (χ4v) is 1.18. The number of carbonyl (C=O) groups excluding carboxylic acids is 1. The van der Waals surface area contributed by atoms with Crippen molar-refractivity contribution in [2.75, 3.05) is 5.75 Å². The molecule has 0 aromatic carbocycles. The second-order valence-corrected chi connectivity index (χ2v) is 3.05. The molecular formula is C6H15N3OS. The van der Waals surface area contributed by atoms with Crippen LogP contribution in [0.3, 0.4) is 0 Å². The molecule has 0 saturated carbocycles. The van der Waals surface area contributed by atoms with Crippen LogP contribution in [0.25, 0.3) is 0 Å². The van der Waals surface area contributed by atoms with Gasteiger partial charge in [-0.25, -0.2) is 4.79 Å². The van der Waals surface area contributed by atoms with Gasteiger partial charge >= 0.3 is 6.03 Å². The lowest BCUT2D eigenvalue weighted by atomic mass is 10.3. The lowest BCUT2D eigenvalue weighted by Crippen LogP contribution is -2.37. The molecule has 66 valence electrons. The Morgan fingerprint density at radius 2 is 2.27 bits per heavy atom. The second-order valence-electron chi connectivity index (χ2n) is 2.15. The molecule has 0 rings (SSSR count). The molecule has 5 heteroatoms. The average Bonchev–Trinajstić information content (AvgIpc) is 1.96. The van der Waals surface area contributed by atoms with E-state index in [9.17, 15) is 4.79 Å². The van der Waals surface area contributed by atoms with E-state index < -0.39 is 6.03 Å². The maximum Gasteiger partial charge on any atom is 0.327 e. The Balaban J connectivity index is 2.85. The second kappa shape index (κ2) is 7.68. The van der Waals surface area contributed by atoms with Crippen molar-refractivity contribution >= 4 is 18.0 Å². The SMILES string of the molecule is CCCCCSNNC(N)=O. The van der Waals surface area contributed by atoms with E-state index in [4.69, 9.17) is 5.73 Å². The number of primary amides is 1. The highest BCUT2D eigenvalue weighted by Crippen LogP contribution is 2.00. The van der Waals surface area contributed by atoms with Crippen LogP contribution in [0.2, 0.25) is 0 Å². The van der Waals surface area contributed by atoms with E-state index in [0.29, 0.717) is 0 Å². The summed E-state index contributed by atoms with van der Waals surface area (Å²) in [5.74, 6) is 0.994. The lowest BCUT2D eigenvalue weighted by Gasteiger charge is -2.01. The Labute approximate surface area is 71.4 Å². The highest BCUT2D eigenvalue weighted by atomic mass is 32.2. The standard InChI is InChI=1S/C6H15N3OS/c1-2-3-4-5-11-9-8-6(7)10/h9H,2-5H2,1H3,(H3,7,8,10). The molecule has 0 spiro atoms. The summed E-state index contributed by atoms with van der Waals surface area (Å²) < 4.78 is 0. The van der Waals surface area contributed by atoms with Crippen molar-refractivity contribution < 1.29 is 4.79 Å². The monoisotopic (exact) mass is 177 g/mol. The third-order valence-corrected chi connectivity index (χ3v) is 1.84. The number of carbonyl (C=O) groups is 1. The Morgan fingerprint density at radius 3 is 2.82 bits per heavy atom. The van der Waals surface area contributed by atoms with Crippen LogP contribution in [-0.2, 0) is 0 Å². The van der Waals surface area contributed by atoms with E-state index >= 15 is 0 Å². The number of urea groups is 1. The molecule has 4 N–H and O–H groups in total. The van der Waals surface area contributed by atoms with E-state index in [1.54, 1.807) is 0 Å². The molecule has 0 aromatic heterocycles. The van der Waals surface area contributed by atoms with E-state index in [2.05, 4.69) is 17.2 Å². The van der Waals surface area contributed by atoms with E-state index in [1.807, 2.05) is 0 Å². The van der Waals surface area contributed by atoms with Gasteiger partial charge in [0.1, 0.15) is 0 Å². The summed E-state index contributed by atoms with van der Waals surface area (Å²) in [5, 5.41) is 0. The summed E-state index contributed by atoms with van der Waals surface area (Å²) >= 11 is 1.46. The average molecular weight is 177 g/mol. The lowest BCUT2D eigenvalue weighted by molar-refractivity contribution is 0.248. The number of amides is 2. The first-order chi connectivity index (χ1) is 5.27. The third kappa shape index (κ3) is 9.58. The molecule has 0 fully saturated rings. The molecule has 0 atom stereocenters. The van der Waals surface area contributed by atoms with Gasteiger partial charge in [-0.3, -0.25) is 5.43 Å². The topological polar surface area (TPSA) is 67.2 Å². The van der Waals surface area contributed by atoms with Gasteiger partial charge in [0.2, 0.25) is 0 Å². The number of nitrogens with one attached hydrogen (secondary N) is 2. The van der Waals surface area contributed by atoms with Crippen LogP contribution in [0.5, 0.6) is 0 Å². The highest BCUT2D eigenvalue weighted by Gasteiger charge is 1.89. The predicted octanol–water partition coefficient (Wildman–Crippen LogP) is 0.998. The summed E-state index contributed by atoms with van der Waals surface area (Å²) in [5.41, 5.74) is 7.08. The number of nitrogens with two attached hydrogens (primary N) is 1. The zero-order valence-electron chi connectivity index (χ0n) is 6.72. The molecule has 0 aliphatic rings. The number of unbranched alkanes of at least 4 members (excludes halogenated alkanes) is 2. The third-order valence-electron chi connectivity index (χ3n) is 1.10. The number of rotatable bonds is 6. The van der Waals surface area contributed by atoms with Crippen LogP contribution in [0.4, 0.5) is 4.79 Å². The summed E-state index contributed by atoms with van der Waals surface area (Å²) in [7, 11) is 0. The van der Waals surface area contributed by atoms with Crippen LogP contribution in [0.1, 0.15) is 26.2 Å². The van der Waals surface area contributed by atoms with Gasteiger partial charge in [0.15, 0.2) is 0 Å². The maximum absolute atomic E-state index is 10.1. The smallest absolute Gasteiger partial charge is 0.327 e. The van der Waals surface area contributed by atoms with Crippen molar-refractivity contribution in [1.82, 2.24) is 10.3 Å². The van der Waals surface area contributed by atoms with Crippen LogP contribution < -0.4 is 16.0 Å². The fourth-order valence-electron chi connectivity index (χ4n) is 0.562. The van der Waals surface area contributed by atoms with Crippen molar-refractivity contribution in [2.45, 2.75) is 26.2 Å². The van der Waals surface area contributed by atoms with E-state index in [-0.39, 0.29) is 0 Å². The summed E-state index contributed by atoms with van der Waals surface area (Å²) in [6.45, 7) is 2.15. The number of hydrazine groups is 1. The molecule has 0 aliphatic carbocycles. The van der Waals surface area contributed by atoms with Gasteiger partial charge in [0.25, 0.3) is 0 Å². The van der Waals surface area contributed by atoms with Crippen LogP contribution in [0, 0.1) is 0 Å². The molecule has 0 aromatic rings. The summed E-state index contributed by atoms with van der Waals surface area (Å²) in [6, 6.07) is -0.548. The number of hydrogen-bond donors (Lipinski definition) is 3. The maximum atomic E-state index is 10.1. The van der Waals surface area contributed by atoms with Crippen molar-refractivity contribution in [1.29, 1.82) is 0 Å². The first-order valence-electron chi connectivity index (χ1n) is 3.69. The van der Waals surface area contributed by atoms with Gasteiger partial charge in [-0.1, -0.05) is 31.7 Å². The highest BCUT2D eigenvalue weighted by molar-refractivity contribution is 7.97. The van der Waals surface area contributed by atoms with Gasteiger partial charge in [0.05, 0.1) is 0 Å². The Kier molecular flexibility index (Phi) is 7.39. The molecule has 0 aliphatic heterocycles. The van der Waals surface area contributed by atoms with E-state index in [1.165, 1.54) is 24.8 Å². The van der Waals surface area contributed by atoms with Crippen molar-refractivity contribution in [3.05, 3.63) is 0 Å². The zero-order chi connectivity index (χ0) is 8.53. The first kappa shape index (κ1) is 10.6. The summed E-state index contributed by atoms with van der Waals surface area (Å²) in [6.07, 6.45) is 3.60. The molecule has 0 bridgehead atoms. The molecule has 11 heavy (non-hydrogen) atoms. The minimum Gasteiger partial charge on any atom is -0.351 e. The van der Waals surface area contributed by atoms with E-state index in [0.717, 1.165) is 12.2 Å². The largest absolute Gasteiger partial charge is 0.351 e. The van der Waals surface area contributed by atoms with Crippen molar-refractivity contribution in [3.63, 3.8) is 0 Å².